The van der Waals surface area contributed by atoms with Gasteiger partial charge < -0.3 is 5.32 Å². The lowest BCUT2D eigenvalue weighted by Crippen LogP contribution is -2.45. The lowest BCUT2D eigenvalue weighted by molar-refractivity contribution is -0.121. The van der Waals surface area contributed by atoms with E-state index in [1.54, 1.807) is 24.3 Å². The summed E-state index contributed by atoms with van der Waals surface area (Å²) in [4.78, 5) is 32.1. The molecular formula is C18H17N5O2S2. The smallest absolute Gasteiger partial charge is 0.244 e. The van der Waals surface area contributed by atoms with Crippen LogP contribution < -0.4 is 10.2 Å². The summed E-state index contributed by atoms with van der Waals surface area (Å²) in [6.07, 6.45) is 0.688. The van der Waals surface area contributed by atoms with Gasteiger partial charge in [-0.1, -0.05) is 30.0 Å². The third-order valence-corrected chi connectivity index (χ3v) is 5.92. The van der Waals surface area contributed by atoms with Crippen LogP contribution in [0.2, 0.25) is 0 Å². The van der Waals surface area contributed by atoms with Crippen molar-refractivity contribution in [2.24, 2.45) is 0 Å². The highest BCUT2D eigenvalue weighted by atomic mass is 32.2. The van der Waals surface area contributed by atoms with Gasteiger partial charge in [-0.15, -0.1) is 16.4 Å². The third-order valence-electron chi connectivity index (χ3n) is 4.10. The first kappa shape index (κ1) is 17.7. The number of nitrogens with one attached hydrogen (secondary N) is 2. The Kier molecular flexibility index (Phi) is 4.95. The highest BCUT2D eigenvalue weighted by Crippen LogP contribution is 2.31. The number of hydrogen-bond acceptors (Lipinski definition) is 6. The van der Waals surface area contributed by atoms with Crippen LogP contribution in [0.5, 0.6) is 0 Å². The van der Waals surface area contributed by atoms with E-state index in [0.29, 0.717) is 23.0 Å². The molecule has 1 aromatic carbocycles. The van der Waals surface area contributed by atoms with E-state index in [9.17, 15) is 9.59 Å². The van der Waals surface area contributed by atoms with Crippen molar-refractivity contribution >= 4 is 46.3 Å². The van der Waals surface area contributed by atoms with Crippen molar-refractivity contribution in [3.05, 3.63) is 52.5 Å². The number of para-hydroxylation sites is 2. The highest BCUT2D eigenvalue weighted by molar-refractivity contribution is 8.00. The van der Waals surface area contributed by atoms with Gasteiger partial charge in [0.1, 0.15) is 12.4 Å². The number of aromatic amines is 1. The summed E-state index contributed by atoms with van der Waals surface area (Å²) >= 11 is 2.95. The Bertz CT molecular complexity index is 970. The van der Waals surface area contributed by atoms with E-state index < -0.39 is 5.25 Å². The van der Waals surface area contributed by atoms with Gasteiger partial charge in [0, 0.05) is 11.3 Å². The summed E-state index contributed by atoms with van der Waals surface area (Å²) in [6.45, 7) is 1.82. The van der Waals surface area contributed by atoms with Gasteiger partial charge >= 0.3 is 0 Å². The van der Waals surface area contributed by atoms with Gasteiger partial charge in [-0.25, -0.2) is 4.98 Å². The summed E-state index contributed by atoms with van der Waals surface area (Å²) in [6, 6.07) is 11.3. The zero-order valence-corrected chi connectivity index (χ0v) is 16.1. The molecule has 3 heterocycles. The predicted molar refractivity (Wildman–Crippen MR) is 106 cm³/mol. The normalized spacial score (nSPS) is 14.6. The molecule has 0 saturated carbocycles. The zero-order valence-electron chi connectivity index (χ0n) is 14.5. The Morgan fingerprint density at radius 2 is 2.19 bits per heavy atom. The summed E-state index contributed by atoms with van der Waals surface area (Å²) < 4.78 is 0. The number of carbonyl (C=O) groups is 2. The maximum atomic E-state index is 12.9. The molecule has 9 heteroatoms. The van der Waals surface area contributed by atoms with Crippen LogP contribution in [0.15, 0.2) is 46.9 Å². The monoisotopic (exact) mass is 399 g/mol. The first-order valence-corrected chi connectivity index (χ1v) is 10.2. The number of fused-ring (bicyclic) bond motifs is 1. The Morgan fingerprint density at radius 3 is 3.00 bits per heavy atom. The zero-order chi connectivity index (χ0) is 18.8. The highest BCUT2D eigenvalue weighted by Gasteiger charge is 2.30. The van der Waals surface area contributed by atoms with Gasteiger partial charge in [0.05, 0.1) is 16.6 Å². The van der Waals surface area contributed by atoms with E-state index in [2.05, 4.69) is 20.5 Å². The number of thiophene rings is 1. The quantitative estimate of drug-likeness (QED) is 0.644. The van der Waals surface area contributed by atoms with E-state index in [0.717, 1.165) is 5.82 Å². The average molecular weight is 400 g/mol. The van der Waals surface area contributed by atoms with Crippen molar-refractivity contribution in [2.75, 3.05) is 16.8 Å². The summed E-state index contributed by atoms with van der Waals surface area (Å²) in [5, 5.41) is 12.0. The molecule has 27 heavy (non-hydrogen) atoms. The van der Waals surface area contributed by atoms with E-state index in [4.69, 9.17) is 0 Å². The molecule has 0 saturated heterocycles. The van der Waals surface area contributed by atoms with Crippen LogP contribution in [0.25, 0.3) is 0 Å². The summed E-state index contributed by atoms with van der Waals surface area (Å²) in [5.41, 5.74) is 1.36. The van der Waals surface area contributed by atoms with Gasteiger partial charge in [0.25, 0.3) is 0 Å². The number of hydrogen-bond donors (Lipinski definition) is 2. The number of benzene rings is 1. The SMILES string of the molecule is CC(Sc1n[nH]c(Cc2cccs2)n1)C(=O)N1CC(=O)Nc2ccccc21. The molecule has 7 nitrogen and oxygen atoms in total. The van der Waals surface area contributed by atoms with Crippen molar-refractivity contribution < 1.29 is 9.59 Å². The molecule has 4 rings (SSSR count). The number of thioether (sulfide) groups is 1. The van der Waals surface area contributed by atoms with Crippen LogP contribution in [0, 0.1) is 0 Å². The topological polar surface area (TPSA) is 91.0 Å². The molecule has 0 fully saturated rings. The largest absolute Gasteiger partial charge is 0.323 e. The number of nitrogens with zero attached hydrogens (tertiary/aromatic N) is 3. The fraction of sp³-hybridized carbons (Fsp3) is 0.222. The molecular weight excluding hydrogens is 382 g/mol. The van der Waals surface area contributed by atoms with E-state index in [1.165, 1.54) is 21.5 Å². The second-order valence-electron chi connectivity index (χ2n) is 6.07. The van der Waals surface area contributed by atoms with Crippen LogP contribution in [-0.2, 0) is 16.0 Å². The molecule has 1 unspecified atom stereocenters. The molecule has 0 radical (unpaired) electrons. The summed E-state index contributed by atoms with van der Waals surface area (Å²) in [5.74, 6) is 0.421. The molecule has 2 N–H and O–H groups in total. The van der Waals surface area contributed by atoms with Crippen LogP contribution in [0.3, 0.4) is 0 Å². The van der Waals surface area contributed by atoms with Gasteiger partial charge in [-0.2, -0.15) is 0 Å². The number of anilines is 2. The molecule has 1 atom stereocenters. The Morgan fingerprint density at radius 1 is 1.33 bits per heavy atom. The minimum atomic E-state index is -0.422. The van der Waals surface area contributed by atoms with Crippen molar-refractivity contribution in [3.63, 3.8) is 0 Å². The number of amides is 2. The molecule has 138 valence electrons. The fourth-order valence-electron chi connectivity index (χ4n) is 2.85. The molecule has 2 aromatic heterocycles. The fourth-order valence-corrected chi connectivity index (χ4v) is 4.36. The second-order valence-corrected chi connectivity index (χ2v) is 8.41. The van der Waals surface area contributed by atoms with Gasteiger partial charge in [0.2, 0.25) is 17.0 Å². The minimum absolute atomic E-state index is 0.0123. The molecule has 1 aliphatic heterocycles. The average Bonchev–Trinajstić information content (AvgIpc) is 3.33. The van der Waals surface area contributed by atoms with E-state index >= 15 is 0 Å². The van der Waals surface area contributed by atoms with Crippen LogP contribution in [0.1, 0.15) is 17.6 Å². The second kappa shape index (κ2) is 7.53. The lowest BCUT2D eigenvalue weighted by atomic mass is 10.2. The molecule has 0 aliphatic carbocycles. The third kappa shape index (κ3) is 3.88. The van der Waals surface area contributed by atoms with Gasteiger partial charge in [-0.05, 0) is 30.5 Å². The predicted octanol–water partition coefficient (Wildman–Crippen LogP) is 2.92. The summed E-state index contributed by atoms with van der Waals surface area (Å²) in [7, 11) is 0. The van der Waals surface area contributed by atoms with Crippen LogP contribution >= 0.6 is 23.1 Å². The van der Waals surface area contributed by atoms with E-state index in [1.807, 2.05) is 35.7 Å². The van der Waals surface area contributed by atoms with E-state index in [-0.39, 0.29) is 18.4 Å². The Balaban J connectivity index is 1.46. The van der Waals surface area contributed by atoms with Crippen LogP contribution in [0.4, 0.5) is 11.4 Å². The molecule has 1 aliphatic rings. The van der Waals surface area contributed by atoms with Crippen LogP contribution in [-0.4, -0.2) is 38.8 Å². The number of aromatic nitrogens is 3. The number of H-pyrrole nitrogens is 1. The van der Waals surface area contributed by atoms with Crippen molar-refractivity contribution in [2.45, 2.75) is 23.8 Å². The molecule has 0 spiro atoms. The molecule has 2 amide bonds. The van der Waals surface area contributed by atoms with Gasteiger partial charge in [-0.3, -0.25) is 19.6 Å². The maximum Gasteiger partial charge on any atom is 0.244 e. The Hall–Kier alpha value is -2.65. The maximum absolute atomic E-state index is 12.9. The number of rotatable bonds is 5. The standard InChI is InChI=1S/C18H17N5O2S2/c1-11(27-18-20-15(21-22-18)9-12-5-4-8-26-12)17(25)23-10-16(24)19-13-6-2-3-7-14(13)23/h2-8,11H,9-10H2,1H3,(H,19,24)(H,20,21,22). The minimum Gasteiger partial charge on any atom is -0.323 e. The van der Waals surface area contributed by atoms with Crippen molar-refractivity contribution in [3.8, 4) is 0 Å². The van der Waals surface area contributed by atoms with Crippen molar-refractivity contribution in [1.29, 1.82) is 0 Å². The van der Waals surface area contributed by atoms with Gasteiger partial charge in [0.15, 0.2) is 0 Å². The van der Waals surface area contributed by atoms with Crippen molar-refractivity contribution in [1.82, 2.24) is 15.2 Å². The Labute approximate surface area is 164 Å². The number of carbonyl (C=O) groups excluding carboxylic acids is 2. The molecule has 3 aromatic rings. The first-order chi connectivity index (χ1) is 13.1. The lowest BCUT2D eigenvalue weighted by Gasteiger charge is -2.30. The molecule has 0 bridgehead atoms. The first-order valence-electron chi connectivity index (χ1n) is 8.41.